The Hall–Kier alpha value is -3.22. The van der Waals surface area contributed by atoms with Crippen LogP contribution in [0.25, 0.3) is 10.9 Å². The number of aryl methyl sites for hydroxylation is 1. The number of carbonyl (C=O) groups is 1. The highest BCUT2D eigenvalue weighted by Gasteiger charge is 2.23. The fourth-order valence-corrected chi connectivity index (χ4v) is 3.74. The molecule has 7 nitrogen and oxygen atoms in total. The van der Waals surface area contributed by atoms with E-state index in [1.54, 1.807) is 30.3 Å². The van der Waals surface area contributed by atoms with E-state index in [-0.39, 0.29) is 30.2 Å². The zero-order valence-electron chi connectivity index (χ0n) is 15.5. The number of fused-ring (bicyclic) bond motifs is 1. The number of hydrogen-bond donors (Lipinski definition) is 1. The summed E-state index contributed by atoms with van der Waals surface area (Å²) in [6.07, 6.45) is 2.02. The molecule has 144 valence electrons. The summed E-state index contributed by atoms with van der Waals surface area (Å²) in [6.45, 7) is 1.62. The van der Waals surface area contributed by atoms with Gasteiger partial charge in [-0.15, -0.1) is 5.10 Å². The summed E-state index contributed by atoms with van der Waals surface area (Å²) in [4.78, 5) is 26.9. The number of aromatic hydroxyl groups is 1. The van der Waals surface area contributed by atoms with Gasteiger partial charge in [-0.05, 0) is 48.6 Å². The number of phenolic OH excluding ortho intramolecular Hbond substituents is 1. The van der Waals surface area contributed by atoms with Gasteiger partial charge in [-0.1, -0.05) is 29.5 Å². The molecule has 0 saturated carbocycles. The number of phenols is 1. The molecule has 0 atom stereocenters. The third kappa shape index (κ3) is 3.74. The maximum atomic E-state index is 12.6. The fraction of sp³-hybridized carbons (Fsp3) is 0.333. The van der Waals surface area contributed by atoms with Crippen molar-refractivity contribution in [2.24, 2.45) is 0 Å². The SMILES string of the molecule is O=C(CCn1nnc2ccccc2c1=O)N1CCC(c2ccc(O)cc2)CC1. The van der Waals surface area contributed by atoms with Crippen molar-refractivity contribution in [1.29, 1.82) is 0 Å². The van der Waals surface area contributed by atoms with Crippen LogP contribution in [0.1, 0.15) is 30.7 Å². The molecule has 1 N–H and O–H groups in total. The van der Waals surface area contributed by atoms with E-state index < -0.39 is 0 Å². The molecule has 3 aromatic rings. The van der Waals surface area contributed by atoms with Gasteiger partial charge in [0.1, 0.15) is 11.3 Å². The summed E-state index contributed by atoms with van der Waals surface area (Å²) < 4.78 is 1.27. The average molecular weight is 378 g/mol. The van der Waals surface area contributed by atoms with Crippen LogP contribution in [0.3, 0.4) is 0 Å². The number of rotatable bonds is 4. The summed E-state index contributed by atoms with van der Waals surface area (Å²) >= 11 is 0. The van der Waals surface area contributed by atoms with Crippen LogP contribution in [0.2, 0.25) is 0 Å². The predicted molar refractivity (Wildman–Crippen MR) is 105 cm³/mol. The first kappa shape index (κ1) is 18.2. The molecule has 1 aliphatic heterocycles. The molecule has 0 bridgehead atoms. The maximum absolute atomic E-state index is 12.6. The van der Waals surface area contributed by atoms with Crippen LogP contribution in [0, 0.1) is 0 Å². The predicted octanol–water partition coefficient (Wildman–Crippen LogP) is 2.29. The summed E-state index contributed by atoms with van der Waals surface area (Å²) in [6, 6.07) is 14.4. The zero-order chi connectivity index (χ0) is 19.5. The number of nitrogens with zero attached hydrogens (tertiary/aromatic N) is 4. The van der Waals surface area contributed by atoms with Gasteiger partial charge in [-0.2, -0.15) is 0 Å². The van der Waals surface area contributed by atoms with E-state index in [2.05, 4.69) is 10.3 Å². The van der Waals surface area contributed by atoms with Crippen LogP contribution in [-0.4, -0.2) is 44.0 Å². The Labute approximate surface area is 162 Å². The second kappa shape index (κ2) is 7.80. The monoisotopic (exact) mass is 378 g/mol. The third-order valence-electron chi connectivity index (χ3n) is 5.38. The number of aromatic nitrogens is 3. The Bertz CT molecular complexity index is 1040. The van der Waals surface area contributed by atoms with Crippen LogP contribution in [-0.2, 0) is 11.3 Å². The minimum Gasteiger partial charge on any atom is -0.508 e. The lowest BCUT2D eigenvalue weighted by atomic mass is 9.89. The van der Waals surface area contributed by atoms with Crippen molar-refractivity contribution in [2.45, 2.75) is 31.7 Å². The van der Waals surface area contributed by atoms with E-state index in [1.165, 1.54) is 10.2 Å². The number of carbonyl (C=O) groups excluding carboxylic acids is 1. The highest BCUT2D eigenvalue weighted by atomic mass is 16.3. The Morgan fingerprint density at radius 1 is 1.07 bits per heavy atom. The summed E-state index contributed by atoms with van der Waals surface area (Å²) in [5.74, 6) is 0.702. The number of amides is 1. The largest absolute Gasteiger partial charge is 0.508 e. The van der Waals surface area contributed by atoms with E-state index in [0.29, 0.717) is 29.9 Å². The van der Waals surface area contributed by atoms with Crippen molar-refractivity contribution in [3.63, 3.8) is 0 Å². The van der Waals surface area contributed by atoms with Gasteiger partial charge in [-0.3, -0.25) is 9.59 Å². The van der Waals surface area contributed by atoms with Crippen LogP contribution < -0.4 is 5.56 Å². The molecule has 4 rings (SSSR count). The van der Waals surface area contributed by atoms with Crippen molar-refractivity contribution in [3.05, 3.63) is 64.4 Å². The van der Waals surface area contributed by atoms with Gasteiger partial charge in [0.05, 0.1) is 11.9 Å². The highest BCUT2D eigenvalue weighted by molar-refractivity contribution is 5.77. The molecule has 1 saturated heterocycles. The van der Waals surface area contributed by atoms with Crippen molar-refractivity contribution < 1.29 is 9.90 Å². The second-order valence-corrected chi connectivity index (χ2v) is 7.13. The molecule has 0 radical (unpaired) electrons. The minimum absolute atomic E-state index is 0.0333. The van der Waals surface area contributed by atoms with Gasteiger partial charge in [0.25, 0.3) is 5.56 Å². The van der Waals surface area contributed by atoms with Gasteiger partial charge in [0, 0.05) is 19.5 Å². The third-order valence-corrected chi connectivity index (χ3v) is 5.38. The quantitative estimate of drug-likeness (QED) is 0.753. The highest BCUT2D eigenvalue weighted by Crippen LogP contribution is 2.29. The summed E-state index contributed by atoms with van der Waals surface area (Å²) in [5, 5.41) is 17.9. The molecule has 0 aliphatic carbocycles. The standard InChI is InChI=1S/C21H22N4O3/c26-17-7-5-15(6-8-17)16-9-12-24(13-10-16)20(27)11-14-25-21(28)18-3-1-2-4-19(18)22-23-25/h1-8,16,26H,9-14H2. The molecule has 28 heavy (non-hydrogen) atoms. The molecule has 1 fully saturated rings. The van der Waals surface area contributed by atoms with Gasteiger partial charge in [-0.25, -0.2) is 4.68 Å². The molecular weight excluding hydrogens is 356 g/mol. The lowest BCUT2D eigenvalue weighted by molar-refractivity contribution is -0.132. The van der Waals surface area contributed by atoms with Crippen LogP contribution >= 0.6 is 0 Å². The average Bonchev–Trinajstić information content (AvgIpc) is 2.74. The molecule has 1 aliphatic rings. The van der Waals surface area contributed by atoms with E-state index in [4.69, 9.17) is 0 Å². The Morgan fingerprint density at radius 3 is 2.54 bits per heavy atom. The number of likely N-dealkylation sites (tertiary alicyclic amines) is 1. The van der Waals surface area contributed by atoms with Crippen LogP contribution in [0.4, 0.5) is 0 Å². The van der Waals surface area contributed by atoms with E-state index >= 15 is 0 Å². The molecule has 7 heteroatoms. The minimum atomic E-state index is -0.218. The first-order chi connectivity index (χ1) is 13.6. The fourth-order valence-electron chi connectivity index (χ4n) is 3.74. The molecule has 0 spiro atoms. The molecule has 2 aromatic carbocycles. The number of piperidine rings is 1. The first-order valence-electron chi connectivity index (χ1n) is 9.51. The zero-order valence-corrected chi connectivity index (χ0v) is 15.5. The van der Waals surface area contributed by atoms with E-state index in [1.807, 2.05) is 23.1 Å². The van der Waals surface area contributed by atoms with Gasteiger partial charge < -0.3 is 10.0 Å². The van der Waals surface area contributed by atoms with E-state index in [0.717, 1.165) is 12.8 Å². The normalized spacial score (nSPS) is 15.1. The first-order valence-corrected chi connectivity index (χ1v) is 9.51. The van der Waals surface area contributed by atoms with Crippen molar-refractivity contribution in [3.8, 4) is 5.75 Å². The van der Waals surface area contributed by atoms with Gasteiger partial charge >= 0.3 is 0 Å². The summed E-state index contributed by atoms with van der Waals surface area (Å²) in [7, 11) is 0. The van der Waals surface area contributed by atoms with E-state index in [9.17, 15) is 14.7 Å². The maximum Gasteiger partial charge on any atom is 0.277 e. The van der Waals surface area contributed by atoms with Gasteiger partial charge in [0.15, 0.2) is 0 Å². The second-order valence-electron chi connectivity index (χ2n) is 7.13. The molecule has 1 amide bonds. The smallest absolute Gasteiger partial charge is 0.277 e. The number of hydrogen-bond acceptors (Lipinski definition) is 5. The Morgan fingerprint density at radius 2 is 1.79 bits per heavy atom. The molecule has 2 heterocycles. The van der Waals surface area contributed by atoms with Crippen molar-refractivity contribution >= 4 is 16.8 Å². The lowest BCUT2D eigenvalue weighted by Gasteiger charge is -2.32. The molecule has 0 unspecified atom stereocenters. The van der Waals surface area contributed by atoms with Crippen molar-refractivity contribution in [2.75, 3.05) is 13.1 Å². The van der Waals surface area contributed by atoms with Gasteiger partial charge in [0.2, 0.25) is 5.91 Å². The number of benzene rings is 2. The van der Waals surface area contributed by atoms with Crippen molar-refractivity contribution in [1.82, 2.24) is 19.9 Å². The van der Waals surface area contributed by atoms with Crippen LogP contribution in [0.15, 0.2) is 53.3 Å². The topological polar surface area (TPSA) is 88.3 Å². The molecular formula is C21H22N4O3. The van der Waals surface area contributed by atoms with Crippen LogP contribution in [0.5, 0.6) is 5.75 Å². The molecule has 1 aromatic heterocycles. The Kier molecular flexibility index (Phi) is 5.06. The Balaban J connectivity index is 1.34. The summed E-state index contributed by atoms with van der Waals surface area (Å²) in [5.41, 5.74) is 1.54. The lowest BCUT2D eigenvalue weighted by Crippen LogP contribution is -2.39.